The fraction of sp³-hybridized carbons (Fsp3) is 0.690. The van der Waals surface area contributed by atoms with E-state index >= 15 is 0 Å². The van der Waals surface area contributed by atoms with E-state index in [2.05, 4.69) is 15.4 Å². The van der Waals surface area contributed by atoms with Crippen molar-refractivity contribution in [3.8, 4) is 0 Å². The highest BCUT2D eigenvalue weighted by molar-refractivity contribution is 7.91. The molecule has 14 heteroatoms. The third-order valence-corrected chi connectivity index (χ3v) is 11.4. The molecule has 1 aromatic rings. The molecule has 4 atom stereocenters. The zero-order valence-electron chi connectivity index (χ0n) is 24.6. The van der Waals surface area contributed by atoms with Crippen LogP contribution < -0.4 is 15.4 Å². The normalized spacial score (nSPS) is 27.3. The lowest BCUT2D eigenvalue weighted by Gasteiger charge is -2.36. The Bertz CT molecular complexity index is 1430. The van der Waals surface area contributed by atoms with Crippen LogP contribution in [-0.2, 0) is 30.6 Å². The summed E-state index contributed by atoms with van der Waals surface area (Å²) >= 11 is 0. The van der Waals surface area contributed by atoms with Crippen LogP contribution in [0.4, 0.5) is 23.2 Å². The zero-order chi connectivity index (χ0) is 31.8. The van der Waals surface area contributed by atoms with Crippen molar-refractivity contribution >= 4 is 33.4 Å². The number of nitrogens with zero attached hydrogens (tertiary/aromatic N) is 1. The second kappa shape index (κ2) is 10.3. The number of carbonyl (C=O) groups is 3. The van der Waals surface area contributed by atoms with Gasteiger partial charge in [-0.3, -0.25) is 19.1 Å². The number of sulfonamides is 1. The van der Waals surface area contributed by atoms with Gasteiger partial charge in [0.1, 0.15) is 23.4 Å². The van der Waals surface area contributed by atoms with Gasteiger partial charge in [-0.2, -0.15) is 13.2 Å². The van der Waals surface area contributed by atoms with Gasteiger partial charge in [-0.25, -0.2) is 12.8 Å². The third kappa shape index (κ3) is 6.21. The molecule has 0 radical (unpaired) electrons. The number of amides is 3. The van der Waals surface area contributed by atoms with Crippen LogP contribution in [0.15, 0.2) is 18.2 Å². The SMILES string of the molecule is CC(C)(C)C(Nc1cc(F)cc(C(F)(F)F)c1)C(=O)N1CCCC1C(=O)NC1(C(=O)NS(=O)(=O)C2(C)CC2)CC1C1CC1. The molecule has 1 saturated heterocycles. The van der Waals surface area contributed by atoms with Gasteiger partial charge in [0.25, 0.3) is 5.91 Å². The second-order valence-corrected chi connectivity index (χ2v) is 16.0. The summed E-state index contributed by atoms with van der Waals surface area (Å²) in [5.74, 6) is -3.02. The van der Waals surface area contributed by atoms with Crippen molar-refractivity contribution < 1.29 is 40.4 Å². The minimum absolute atomic E-state index is 0.195. The molecule has 3 N–H and O–H groups in total. The minimum Gasteiger partial charge on any atom is -0.373 e. The largest absolute Gasteiger partial charge is 0.416 e. The Kier molecular flexibility index (Phi) is 7.58. The van der Waals surface area contributed by atoms with Gasteiger partial charge in [0, 0.05) is 12.2 Å². The summed E-state index contributed by atoms with van der Waals surface area (Å²) in [7, 11) is -3.93. The highest BCUT2D eigenvalue weighted by Crippen LogP contribution is 2.57. The molecule has 0 bridgehead atoms. The van der Waals surface area contributed by atoms with E-state index in [-0.39, 0.29) is 30.5 Å². The van der Waals surface area contributed by atoms with Crippen molar-refractivity contribution in [1.82, 2.24) is 14.9 Å². The lowest BCUT2D eigenvalue weighted by atomic mass is 9.85. The van der Waals surface area contributed by atoms with Crippen LogP contribution in [0.1, 0.15) is 78.2 Å². The van der Waals surface area contributed by atoms with Crippen molar-refractivity contribution in [3.63, 3.8) is 0 Å². The highest BCUT2D eigenvalue weighted by atomic mass is 32.2. The Morgan fingerprint density at radius 3 is 2.26 bits per heavy atom. The van der Waals surface area contributed by atoms with E-state index in [9.17, 15) is 40.4 Å². The summed E-state index contributed by atoms with van der Waals surface area (Å²) in [5, 5.41) is 5.58. The molecule has 43 heavy (non-hydrogen) atoms. The van der Waals surface area contributed by atoms with Crippen LogP contribution in [0.2, 0.25) is 0 Å². The average molecular weight is 631 g/mol. The maximum Gasteiger partial charge on any atom is 0.416 e. The molecule has 0 aromatic heterocycles. The van der Waals surface area contributed by atoms with E-state index in [1.165, 1.54) is 4.90 Å². The number of anilines is 1. The Balaban J connectivity index is 1.34. The first kappa shape index (κ1) is 31.5. The van der Waals surface area contributed by atoms with Gasteiger partial charge in [-0.05, 0) is 87.3 Å². The predicted octanol–water partition coefficient (Wildman–Crippen LogP) is 3.95. The summed E-state index contributed by atoms with van der Waals surface area (Å²) in [6.45, 7) is 6.85. The van der Waals surface area contributed by atoms with Gasteiger partial charge in [0.15, 0.2) is 0 Å². The quantitative estimate of drug-likeness (QED) is 0.355. The monoisotopic (exact) mass is 630 g/mol. The maximum atomic E-state index is 14.1. The molecule has 5 rings (SSSR count). The van der Waals surface area contributed by atoms with Gasteiger partial charge in [0.2, 0.25) is 21.8 Å². The number of rotatable bonds is 9. The zero-order valence-corrected chi connectivity index (χ0v) is 25.4. The molecule has 238 valence electrons. The number of hydrogen-bond acceptors (Lipinski definition) is 6. The van der Waals surface area contributed by atoms with Crippen LogP contribution in [0.25, 0.3) is 0 Å². The Morgan fingerprint density at radius 1 is 1.05 bits per heavy atom. The number of hydrogen-bond donors (Lipinski definition) is 3. The van der Waals surface area contributed by atoms with Crippen LogP contribution in [-0.4, -0.2) is 60.0 Å². The number of benzene rings is 1. The Hall–Kier alpha value is -2.90. The summed E-state index contributed by atoms with van der Waals surface area (Å²) in [6, 6.07) is -0.119. The number of alkyl halides is 3. The standard InChI is InChI=1S/C29H38F4N4O5S/c1-26(2,3)22(34-19-13-17(29(31,32)33)12-18(30)14-19)24(39)37-11-5-6-21(37)23(38)35-28(15-20(28)16-7-8-16)25(40)36-43(41,42)27(4)9-10-27/h12-14,16,20-22,34H,5-11,15H2,1-4H3,(H,35,38)(H,36,40). The van der Waals surface area contributed by atoms with Crippen molar-refractivity contribution in [2.45, 2.75) is 101 Å². The van der Waals surface area contributed by atoms with E-state index in [1.807, 2.05) is 0 Å². The van der Waals surface area contributed by atoms with Crippen LogP contribution in [0, 0.1) is 23.1 Å². The van der Waals surface area contributed by atoms with E-state index in [0.29, 0.717) is 31.7 Å². The molecule has 3 aliphatic carbocycles. The highest BCUT2D eigenvalue weighted by Gasteiger charge is 2.67. The number of likely N-dealkylation sites (tertiary alicyclic amines) is 1. The van der Waals surface area contributed by atoms with Crippen LogP contribution in [0.3, 0.4) is 0 Å². The average Bonchev–Trinajstić information content (AvgIpc) is 3.81. The molecule has 1 aliphatic heterocycles. The molecule has 4 aliphatic rings. The fourth-order valence-electron chi connectivity index (χ4n) is 6.02. The molecule has 3 amide bonds. The minimum atomic E-state index is -4.79. The van der Waals surface area contributed by atoms with Gasteiger partial charge in [-0.15, -0.1) is 0 Å². The van der Waals surface area contributed by atoms with Crippen molar-refractivity contribution in [2.75, 3.05) is 11.9 Å². The first-order valence-corrected chi connectivity index (χ1v) is 16.1. The Labute approximate surface area is 248 Å². The van der Waals surface area contributed by atoms with E-state index < -0.39 is 73.1 Å². The third-order valence-electron chi connectivity index (χ3n) is 9.27. The molecule has 4 fully saturated rings. The summed E-state index contributed by atoms with van der Waals surface area (Å²) < 4.78 is 80.9. The van der Waals surface area contributed by atoms with E-state index in [0.717, 1.165) is 25.0 Å². The van der Waals surface area contributed by atoms with Gasteiger partial charge < -0.3 is 15.5 Å². The van der Waals surface area contributed by atoms with Crippen molar-refractivity contribution in [3.05, 3.63) is 29.6 Å². The van der Waals surface area contributed by atoms with Crippen LogP contribution >= 0.6 is 0 Å². The van der Waals surface area contributed by atoms with Crippen LogP contribution in [0.5, 0.6) is 0 Å². The predicted molar refractivity (Wildman–Crippen MR) is 149 cm³/mol. The first-order chi connectivity index (χ1) is 19.8. The van der Waals surface area contributed by atoms with Crippen molar-refractivity contribution in [1.29, 1.82) is 0 Å². The van der Waals surface area contributed by atoms with Crippen molar-refractivity contribution in [2.24, 2.45) is 17.3 Å². The topological polar surface area (TPSA) is 125 Å². The summed E-state index contributed by atoms with van der Waals surface area (Å²) in [4.78, 5) is 42.3. The molecule has 1 heterocycles. The molecule has 0 spiro atoms. The number of halogens is 4. The van der Waals surface area contributed by atoms with Gasteiger partial charge in [0.05, 0.1) is 10.3 Å². The van der Waals surface area contributed by atoms with E-state index in [1.54, 1.807) is 27.7 Å². The summed E-state index contributed by atoms with van der Waals surface area (Å²) in [6.07, 6.45) is -1.10. The molecule has 3 saturated carbocycles. The molecular formula is C29H38F4N4O5S. The van der Waals surface area contributed by atoms with Gasteiger partial charge in [-0.1, -0.05) is 20.8 Å². The number of carbonyl (C=O) groups excluding carboxylic acids is 3. The van der Waals surface area contributed by atoms with E-state index in [4.69, 9.17) is 0 Å². The fourth-order valence-corrected chi connectivity index (χ4v) is 7.33. The second-order valence-electron chi connectivity index (χ2n) is 13.9. The molecule has 4 unspecified atom stereocenters. The first-order valence-electron chi connectivity index (χ1n) is 14.6. The van der Waals surface area contributed by atoms with Gasteiger partial charge >= 0.3 is 6.18 Å². The number of nitrogens with one attached hydrogen (secondary N) is 3. The molecule has 9 nitrogen and oxygen atoms in total. The Morgan fingerprint density at radius 2 is 1.70 bits per heavy atom. The molecular weight excluding hydrogens is 592 g/mol. The smallest absolute Gasteiger partial charge is 0.373 e. The lowest BCUT2D eigenvalue weighted by Crippen LogP contribution is -2.59. The lowest BCUT2D eigenvalue weighted by molar-refractivity contribution is -0.141. The summed E-state index contributed by atoms with van der Waals surface area (Å²) in [5.41, 5.74) is -3.67. The molecule has 1 aromatic carbocycles. The maximum absolute atomic E-state index is 14.1.